The van der Waals surface area contributed by atoms with Gasteiger partial charge in [0.05, 0.1) is 0 Å². The lowest BCUT2D eigenvalue weighted by atomic mass is 10.2. The Balaban J connectivity index is 2.58. The third kappa shape index (κ3) is 2.53. The van der Waals surface area contributed by atoms with Crippen molar-refractivity contribution in [2.24, 2.45) is 0 Å². The van der Waals surface area contributed by atoms with Gasteiger partial charge in [0.25, 0.3) is 0 Å². The number of hydrogen-bond acceptors (Lipinski definition) is 3. The molecule has 0 spiro atoms. The van der Waals surface area contributed by atoms with E-state index in [4.69, 9.17) is 5.11 Å². The highest BCUT2D eigenvalue weighted by Gasteiger charge is 1.98. The van der Waals surface area contributed by atoms with Gasteiger partial charge in [0, 0.05) is 12.8 Å². The Morgan fingerprint density at radius 2 is 1.92 bits per heavy atom. The lowest BCUT2D eigenvalue weighted by molar-refractivity contribution is -0.0509. The maximum atomic E-state index is 9.05. The first kappa shape index (κ1) is 9.03. The van der Waals surface area contributed by atoms with Crippen molar-refractivity contribution in [3.05, 3.63) is 29.8 Å². The maximum Gasteiger partial charge on any atom is 0.235 e. The number of aliphatic hydroxyl groups is 1. The molecule has 0 aliphatic carbocycles. The van der Waals surface area contributed by atoms with E-state index in [1.54, 1.807) is 0 Å². The van der Waals surface area contributed by atoms with Crippen LogP contribution in [0.4, 0.5) is 5.69 Å². The topological polar surface area (TPSA) is 41.5 Å². The van der Waals surface area contributed by atoms with E-state index >= 15 is 0 Å². The fraction of sp³-hybridized carbons (Fsp3) is 0.333. The van der Waals surface area contributed by atoms with Crippen LogP contribution < -0.4 is 5.32 Å². The van der Waals surface area contributed by atoms with Gasteiger partial charge in [0.1, 0.15) is 0 Å². The summed E-state index contributed by atoms with van der Waals surface area (Å²) >= 11 is 0. The standard InChI is InChI=1S/C9H13NO2/c1-7-3-5-8(6-4-7)10-9(11)12-2/h3-6,9-11H,1-2H3/t9-/m0/s1. The summed E-state index contributed by atoms with van der Waals surface area (Å²) in [4.78, 5) is 0. The number of methoxy groups -OCH3 is 1. The highest BCUT2D eigenvalue weighted by molar-refractivity contribution is 5.44. The third-order valence-electron chi connectivity index (χ3n) is 1.56. The molecule has 0 bridgehead atoms. The number of benzene rings is 1. The van der Waals surface area contributed by atoms with E-state index in [0.717, 1.165) is 5.69 Å². The first-order valence-electron chi connectivity index (χ1n) is 3.76. The van der Waals surface area contributed by atoms with Gasteiger partial charge < -0.3 is 15.2 Å². The van der Waals surface area contributed by atoms with Crippen LogP contribution in [0.25, 0.3) is 0 Å². The van der Waals surface area contributed by atoms with Gasteiger partial charge in [-0.1, -0.05) is 17.7 Å². The highest BCUT2D eigenvalue weighted by Crippen LogP contribution is 2.09. The predicted molar refractivity (Wildman–Crippen MR) is 47.8 cm³/mol. The van der Waals surface area contributed by atoms with E-state index in [0.29, 0.717) is 0 Å². The van der Waals surface area contributed by atoms with Crippen LogP contribution in [0.1, 0.15) is 5.56 Å². The van der Waals surface area contributed by atoms with Crippen molar-refractivity contribution in [2.45, 2.75) is 13.3 Å². The number of ether oxygens (including phenoxy) is 1. The second kappa shape index (κ2) is 4.09. The smallest absolute Gasteiger partial charge is 0.235 e. The molecule has 0 saturated heterocycles. The second-order valence-electron chi connectivity index (χ2n) is 2.60. The van der Waals surface area contributed by atoms with E-state index in [9.17, 15) is 0 Å². The quantitative estimate of drug-likeness (QED) is 0.667. The number of aryl methyl sites for hydroxylation is 1. The summed E-state index contributed by atoms with van der Waals surface area (Å²) in [5, 5.41) is 11.8. The van der Waals surface area contributed by atoms with Crippen LogP contribution >= 0.6 is 0 Å². The lowest BCUT2D eigenvalue weighted by Crippen LogP contribution is -2.20. The molecular weight excluding hydrogens is 154 g/mol. The van der Waals surface area contributed by atoms with Crippen LogP contribution in [0.2, 0.25) is 0 Å². The van der Waals surface area contributed by atoms with Gasteiger partial charge in [-0.05, 0) is 19.1 Å². The molecule has 0 radical (unpaired) electrons. The van der Waals surface area contributed by atoms with Crippen molar-refractivity contribution >= 4 is 5.69 Å². The summed E-state index contributed by atoms with van der Waals surface area (Å²) in [5.74, 6) is 0. The zero-order valence-corrected chi connectivity index (χ0v) is 7.24. The molecule has 1 aromatic carbocycles. The van der Waals surface area contributed by atoms with Gasteiger partial charge in [0.15, 0.2) is 0 Å². The summed E-state index contributed by atoms with van der Waals surface area (Å²) in [5.41, 5.74) is 2.03. The van der Waals surface area contributed by atoms with Crippen molar-refractivity contribution in [2.75, 3.05) is 12.4 Å². The summed E-state index contributed by atoms with van der Waals surface area (Å²) in [6.45, 7) is 2.01. The molecule has 0 fully saturated rings. The molecule has 1 atom stereocenters. The van der Waals surface area contributed by atoms with Crippen LogP contribution in [0.5, 0.6) is 0 Å². The van der Waals surface area contributed by atoms with Gasteiger partial charge in [-0.15, -0.1) is 0 Å². The van der Waals surface area contributed by atoms with E-state index in [1.807, 2.05) is 31.2 Å². The average molecular weight is 167 g/mol. The van der Waals surface area contributed by atoms with E-state index < -0.39 is 6.41 Å². The van der Waals surface area contributed by atoms with Gasteiger partial charge in [-0.25, -0.2) is 0 Å². The molecule has 0 unspecified atom stereocenters. The van der Waals surface area contributed by atoms with Crippen molar-refractivity contribution in [3.63, 3.8) is 0 Å². The largest absolute Gasteiger partial charge is 0.351 e. The highest BCUT2D eigenvalue weighted by atomic mass is 16.6. The molecule has 0 amide bonds. The minimum atomic E-state index is -0.937. The zero-order valence-electron chi connectivity index (χ0n) is 7.24. The molecule has 0 aliphatic heterocycles. The molecule has 0 heterocycles. The van der Waals surface area contributed by atoms with Gasteiger partial charge in [-0.2, -0.15) is 0 Å². The molecule has 2 N–H and O–H groups in total. The second-order valence-corrected chi connectivity index (χ2v) is 2.60. The average Bonchev–Trinajstić information content (AvgIpc) is 2.09. The molecule has 0 aliphatic rings. The minimum absolute atomic E-state index is 0.843. The molecule has 66 valence electrons. The minimum Gasteiger partial charge on any atom is -0.351 e. The molecule has 1 rings (SSSR count). The normalized spacial score (nSPS) is 12.6. The number of nitrogens with one attached hydrogen (secondary N) is 1. The summed E-state index contributed by atoms with van der Waals surface area (Å²) in [6.07, 6.45) is -0.937. The molecule has 3 nitrogen and oxygen atoms in total. The lowest BCUT2D eigenvalue weighted by Gasteiger charge is -2.11. The summed E-state index contributed by atoms with van der Waals surface area (Å²) < 4.78 is 4.63. The van der Waals surface area contributed by atoms with Crippen molar-refractivity contribution < 1.29 is 9.84 Å². The summed E-state index contributed by atoms with van der Waals surface area (Å²) in [6, 6.07) is 7.70. The zero-order chi connectivity index (χ0) is 8.97. The Morgan fingerprint density at radius 3 is 2.42 bits per heavy atom. The van der Waals surface area contributed by atoms with Crippen LogP contribution in [-0.2, 0) is 4.74 Å². The Morgan fingerprint density at radius 1 is 1.33 bits per heavy atom. The van der Waals surface area contributed by atoms with Crippen molar-refractivity contribution in [1.29, 1.82) is 0 Å². The van der Waals surface area contributed by atoms with E-state index in [2.05, 4.69) is 10.1 Å². The monoisotopic (exact) mass is 167 g/mol. The van der Waals surface area contributed by atoms with Crippen LogP contribution in [0, 0.1) is 6.92 Å². The fourth-order valence-corrected chi connectivity index (χ4v) is 0.851. The maximum absolute atomic E-state index is 9.05. The van der Waals surface area contributed by atoms with Gasteiger partial charge in [-0.3, -0.25) is 0 Å². The number of anilines is 1. The number of rotatable bonds is 3. The molecule has 12 heavy (non-hydrogen) atoms. The van der Waals surface area contributed by atoms with Gasteiger partial charge >= 0.3 is 0 Å². The van der Waals surface area contributed by atoms with E-state index in [-0.39, 0.29) is 0 Å². The van der Waals surface area contributed by atoms with Crippen LogP contribution in [-0.4, -0.2) is 18.6 Å². The SMILES string of the molecule is CO[C@H](O)Nc1ccc(C)cc1. The van der Waals surface area contributed by atoms with Crippen molar-refractivity contribution in [1.82, 2.24) is 0 Å². The Hall–Kier alpha value is -1.06. The molecule has 0 aromatic heterocycles. The molecule has 3 heteroatoms. The van der Waals surface area contributed by atoms with E-state index in [1.165, 1.54) is 12.7 Å². The Kier molecular flexibility index (Phi) is 3.08. The Labute approximate surface area is 72.0 Å². The van der Waals surface area contributed by atoms with Crippen LogP contribution in [0.3, 0.4) is 0 Å². The first-order chi connectivity index (χ1) is 5.72. The van der Waals surface area contributed by atoms with Crippen molar-refractivity contribution in [3.8, 4) is 0 Å². The first-order valence-corrected chi connectivity index (χ1v) is 3.76. The molecule has 0 saturated carbocycles. The Bertz CT molecular complexity index is 233. The molecule has 1 aromatic rings. The van der Waals surface area contributed by atoms with Gasteiger partial charge in [0.2, 0.25) is 6.41 Å². The summed E-state index contributed by atoms with van der Waals surface area (Å²) in [7, 11) is 1.44. The fourth-order valence-electron chi connectivity index (χ4n) is 0.851. The molecular formula is C9H13NO2. The predicted octanol–water partition coefficient (Wildman–Crippen LogP) is 1.33. The third-order valence-corrected chi connectivity index (χ3v) is 1.56. The number of hydrogen-bond donors (Lipinski definition) is 2. The van der Waals surface area contributed by atoms with Crippen LogP contribution in [0.15, 0.2) is 24.3 Å². The number of aliphatic hydroxyl groups excluding tert-OH is 1.